The van der Waals surface area contributed by atoms with Gasteiger partial charge in [0.15, 0.2) is 0 Å². The molecule has 3 rings (SSSR count). The third-order valence-electron chi connectivity index (χ3n) is 5.19. The predicted octanol–water partition coefficient (Wildman–Crippen LogP) is 5.46. The Labute approximate surface area is 147 Å². The molecule has 4 atom stereocenters. The Morgan fingerprint density at radius 1 is 1.27 bits per heavy atom. The number of alkyl halides is 1. The molecule has 2 fully saturated rings. The Balaban J connectivity index is 1.75. The second-order valence-electron chi connectivity index (χ2n) is 6.90. The van der Waals surface area contributed by atoms with Crippen LogP contribution in [0.2, 0.25) is 10.0 Å². The molecule has 1 aromatic carbocycles. The molecule has 2 heterocycles. The number of benzene rings is 1. The van der Waals surface area contributed by atoms with Crippen LogP contribution in [0, 0.1) is 5.92 Å². The minimum absolute atomic E-state index is 0.0113. The number of rotatable bonds is 4. The SMILES string of the molecule is CC(C)[C@]12C[C@@H](OCc3c(Cl)cccc3Cl)[C@](C)(C[C@@H]1Cl)O2. The number of fused-ring (bicyclic) bond motifs is 2. The first kappa shape index (κ1) is 16.9. The van der Waals surface area contributed by atoms with Gasteiger partial charge in [0.2, 0.25) is 0 Å². The van der Waals surface area contributed by atoms with Crippen LogP contribution in [0.3, 0.4) is 0 Å². The van der Waals surface area contributed by atoms with Crippen molar-refractivity contribution in [1.82, 2.24) is 0 Å². The summed E-state index contributed by atoms with van der Waals surface area (Å²) in [5.74, 6) is 0.356. The van der Waals surface area contributed by atoms with Gasteiger partial charge in [-0.15, -0.1) is 11.6 Å². The molecule has 0 unspecified atom stereocenters. The zero-order valence-electron chi connectivity index (χ0n) is 13.0. The summed E-state index contributed by atoms with van der Waals surface area (Å²) in [4.78, 5) is 0. The minimum Gasteiger partial charge on any atom is -0.370 e. The van der Waals surface area contributed by atoms with Crippen molar-refractivity contribution in [2.24, 2.45) is 5.92 Å². The molecule has 2 aliphatic rings. The van der Waals surface area contributed by atoms with Gasteiger partial charge >= 0.3 is 0 Å². The zero-order valence-corrected chi connectivity index (χ0v) is 15.3. The lowest BCUT2D eigenvalue weighted by Crippen LogP contribution is -2.45. The van der Waals surface area contributed by atoms with Crippen LogP contribution in [0.15, 0.2) is 18.2 Å². The summed E-state index contributed by atoms with van der Waals surface area (Å²) in [7, 11) is 0. The number of hydrogen-bond donors (Lipinski definition) is 0. The van der Waals surface area contributed by atoms with Gasteiger partial charge in [-0.1, -0.05) is 43.1 Å². The summed E-state index contributed by atoms with van der Waals surface area (Å²) in [5, 5.41) is 1.31. The van der Waals surface area contributed by atoms with E-state index in [0.717, 1.165) is 18.4 Å². The van der Waals surface area contributed by atoms with Gasteiger partial charge in [0.05, 0.1) is 29.3 Å². The average Bonchev–Trinajstić information content (AvgIpc) is 2.86. The third kappa shape index (κ3) is 2.57. The maximum absolute atomic E-state index is 6.56. The molecular weight excluding hydrogens is 343 g/mol. The molecule has 2 bridgehead atoms. The van der Waals surface area contributed by atoms with Gasteiger partial charge in [0.25, 0.3) is 0 Å². The highest BCUT2D eigenvalue weighted by Gasteiger charge is 2.65. The van der Waals surface area contributed by atoms with E-state index in [9.17, 15) is 0 Å². The van der Waals surface area contributed by atoms with Crippen LogP contribution < -0.4 is 0 Å². The van der Waals surface area contributed by atoms with E-state index in [1.54, 1.807) is 0 Å². The standard InChI is InChI=1S/C17H21Cl3O2/c1-10(2)17-8-15(16(3,22-17)7-14(17)20)21-9-11-12(18)5-4-6-13(11)19/h4-6,10,14-15H,7-9H2,1-3H3/t14-,15+,16-,17+/m0/s1. The van der Waals surface area contributed by atoms with Crippen molar-refractivity contribution in [3.8, 4) is 0 Å². The van der Waals surface area contributed by atoms with Gasteiger partial charge in [-0.3, -0.25) is 0 Å². The zero-order chi connectivity index (χ0) is 16.1. The molecule has 0 N–H and O–H groups in total. The van der Waals surface area contributed by atoms with Crippen LogP contribution in [0.4, 0.5) is 0 Å². The highest BCUT2D eigenvalue weighted by atomic mass is 35.5. The normalized spacial score (nSPS) is 37.2. The maximum atomic E-state index is 6.56. The summed E-state index contributed by atoms with van der Waals surface area (Å²) >= 11 is 19.0. The second-order valence-corrected chi connectivity index (χ2v) is 8.24. The largest absolute Gasteiger partial charge is 0.370 e. The molecular formula is C17H21Cl3O2. The molecule has 0 amide bonds. The Bertz CT molecular complexity index is 557. The van der Waals surface area contributed by atoms with E-state index in [4.69, 9.17) is 44.3 Å². The molecule has 1 aromatic rings. The van der Waals surface area contributed by atoms with Crippen LogP contribution in [-0.4, -0.2) is 22.7 Å². The van der Waals surface area contributed by atoms with Gasteiger partial charge in [-0.25, -0.2) is 0 Å². The van der Waals surface area contributed by atoms with Crippen molar-refractivity contribution in [3.05, 3.63) is 33.8 Å². The Hall–Kier alpha value is 0.01000. The summed E-state index contributed by atoms with van der Waals surface area (Å²) in [6.45, 7) is 6.81. The smallest absolute Gasteiger partial charge is 0.0939 e. The summed E-state index contributed by atoms with van der Waals surface area (Å²) in [6.07, 6.45) is 1.64. The van der Waals surface area contributed by atoms with Crippen LogP contribution in [0.25, 0.3) is 0 Å². The Morgan fingerprint density at radius 3 is 2.45 bits per heavy atom. The molecule has 5 heteroatoms. The second kappa shape index (κ2) is 5.82. The minimum atomic E-state index is -0.329. The fraction of sp³-hybridized carbons (Fsp3) is 0.647. The lowest BCUT2D eigenvalue weighted by Gasteiger charge is -2.35. The van der Waals surface area contributed by atoms with Crippen LogP contribution >= 0.6 is 34.8 Å². The fourth-order valence-electron chi connectivity index (χ4n) is 3.75. The first-order chi connectivity index (χ1) is 10.3. The Kier molecular flexibility index (Phi) is 4.46. The quantitative estimate of drug-likeness (QED) is 0.661. The van der Waals surface area contributed by atoms with E-state index < -0.39 is 0 Å². The van der Waals surface area contributed by atoms with E-state index in [0.29, 0.717) is 22.6 Å². The monoisotopic (exact) mass is 362 g/mol. The summed E-state index contributed by atoms with van der Waals surface area (Å²) in [5.41, 5.74) is 0.216. The van der Waals surface area contributed by atoms with Crippen LogP contribution in [0.1, 0.15) is 39.2 Å². The van der Waals surface area contributed by atoms with Gasteiger partial charge < -0.3 is 9.47 Å². The summed E-state index contributed by atoms with van der Waals surface area (Å²) < 4.78 is 12.5. The van der Waals surface area contributed by atoms with Crippen molar-refractivity contribution in [1.29, 1.82) is 0 Å². The number of hydrogen-bond acceptors (Lipinski definition) is 2. The lowest BCUT2D eigenvalue weighted by atomic mass is 9.75. The van der Waals surface area contributed by atoms with Crippen molar-refractivity contribution in [3.63, 3.8) is 0 Å². The maximum Gasteiger partial charge on any atom is 0.0939 e. The van der Waals surface area contributed by atoms with Gasteiger partial charge in [0.1, 0.15) is 0 Å². The molecule has 2 saturated heterocycles. The molecule has 0 spiro atoms. The van der Waals surface area contributed by atoms with Gasteiger partial charge in [-0.2, -0.15) is 0 Å². The highest BCUT2D eigenvalue weighted by Crippen LogP contribution is 2.57. The molecule has 122 valence electrons. The van der Waals surface area contributed by atoms with Crippen LogP contribution in [0.5, 0.6) is 0 Å². The summed E-state index contributed by atoms with van der Waals surface area (Å²) in [6, 6.07) is 5.49. The number of ether oxygens (including phenoxy) is 2. The predicted molar refractivity (Wildman–Crippen MR) is 91.0 cm³/mol. The molecule has 0 aromatic heterocycles. The van der Waals surface area contributed by atoms with Crippen molar-refractivity contribution >= 4 is 34.8 Å². The van der Waals surface area contributed by atoms with Crippen molar-refractivity contribution < 1.29 is 9.47 Å². The molecule has 2 nitrogen and oxygen atoms in total. The van der Waals surface area contributed by atoms with E-state index >= 15 is 0 Å². The highest BCUT2D eigenvalue weighted by molar-refractivity contribution is 6.35. The van der Waals surface area contributed by atoms with E-state index in [2.05, 4.69) is 20.8 Å². The van der Waals surface area contributed by atoms with E-state index in [1.165, 1.54) is 0 Å². The average molecular weight is 364 g/mol. The van der Waals surface area contributed by atoms with Crippen LogP contribution in [-0.2, 0) is 16.1 Å². The molecule has 0 aliphatic carbocycles. The van der Waals surface area contributed by atoms with Gasteiger partial charge in [0, 0.05) is 22.0 Å². The van der Waals surface area contributed by atoms with E-state index in [-0.39, 0.29) is 22.7 Å². The van der Waals surface area contributed by atoms with Gasteiger partial charge in [-0.05, 0) is 31.4 Å². The molecule has 2 aliphatic heterocycles. The molecule has 22 heavy (non-hydrogen) atoms. The molecule has 0 saturated carbocycles. The van der Waals surface area contributed by atoms with Crippen molar-refractivity contribution in [2.75, 3.05) is 0 Å². The number of halogens is 3. The fourth-order valence-corrected chi connectivity index (χ4v) is 4.94. The van der Waals surface area contributed by atoms with Crippen molar-refractivity contribution in [2.45, 2.75) is 62.9 Å². The molecule has 0 radical (unpaired) electrons. The topological polar surface area (TPSA) is 18.5 Å². The first-order valence-electron chi connectivity index (χ1n) is 7.67. The first-order valence-corrected chi connectivity index (χ1v) is 8.86. The van der Waals surface area contributed by atoms with E-state index in [1.807, 2.05) is 18.2 Å². The lowest BCUT2D eigenvalue weighted by molar-refractivity contribution is -0.0957. The third-order valence-corrected chi connectivity index (χ3v) is 6.42. The Morgan fingerprint density at radius 2 is 1.91 bits per heavy atom.